The minimum atomic E-state index is 0.833. The minimum Gasteiger partial charge on any atom is -0.333 e. The number of imidazole rings is 1. The number of benzene rings is 1. The third kappa shape index (κ3) is 2.27. The molecule has 0 aliphatic rings. The van der Waals surface area contributed by atoms with E-state index in [0.29, 0.717) is 0 Å². The first-order chi connectivity index (χ1) is 9.24. The van der Waals surface area contributed by atoms with Gasteiger partial charge in [-0.05, 0) is 12.5 Å². The summed E-state index contributed by atoms with van der Waals surface area (Å²) in [5, 5.41) is 8.22. The molecular formula is C14H15N5. The van der Waals surface area contributed by atoms with Crippen molar-refractivity contribution in [2.24, 2.45) is 7.05 Å². The molecule has 0 N–H and O–H groups in total. The van der Waals surface area contributed by atoms with E-state index < -0.39 is 0 Å². The van der Waals surface area contributed by atoms with Crippen LogP contribution in [0.1, 0.15) is 11.3 Å². The monoisotopic (exact) mass is 253 g/mol. The third-order valence-corrected chi connectivity index (χ3v) is 3.26. The number of hydrogen-bond acceptors (Lipinski definition) is 3. The third-order valence-electron chi connectivity index (χ3n) is 3.26. The second-order valence-electron chi connectivity index (χ2n) is 4.58. The van der Waals surface area contributed by atoms with Crippen LogP contribution >= 0.6 is 0 Å². The molecule has 2 aromatic heterocycles. The van der Waals surface area contributed by atoms with E-state index >= 15 is 0 Å². The van der Waals surface area contributed by atoms with Crippen LogP contribution in [0.3, 0.4) is 0 Å². The largest absolute Gasteiger partial charge is 0.333 e. The van der Waals surface area contributed by atoms with Crippen molar-refractivity contribution in [1.82, 2.24) is 24.5 Å². The first-order valence-electron chi connectivity index (χ1n) is 6.15. The van der Waals surface area contributed by atoms with Crippen LogP contribution in [0.25, 0.3) is 11.3 Å². The Morgan fingerprint density at radius 3 is 2.53 bits per heavy atom. The van der Waals surface area contributed by atoms with Crippen molar-refractivity contribution < 1.29 is 0 Å². The topological polar surface area (TPSA) is 48.5 Å². The number of rotatable bonds is 3. The van der Waals surface area contributed by atoms with Crippen LogP contribution in [-0.2, 0) is 13.6 Å². The molecule has 0 fully saturated rings. The molecule has 3 rings (SSSR count). The van der Waals surface area contributed by atoms with Gasteiger partial charge in [-0.2, -0.15) is 0 Å². The Balaban J connectivity index is 1.85. The zero-order valence-corrected chi connectivity index (χ0v) is 11.0. The van der Waals surface area contributed by atoms with Crippen LogP contribution in [0.4, 0.5) is 0 Å². The lowest BCUT2D eigenvalue weighted by Crippen LogP contribution is -1.96. The molecule has 19 heavy (non-hydrogen) atoms. The molecule has 0 spiro atoms. The van der Waals surface area contributed by atoms with Gasteiger partial charge >= 0.3 is 0 Å². The summed E-state index contributed by atoms with van der Waals surface area (Å²) < 4.78 is 3.83. The second kappa shape index (κ2) is 4.68. The van der Waals surface area contributed by atoms with Crippen LogP contribution in [-0.4, -0.2) is 24.5 Å². The maximum absolute atomic E-state index is 4.19. The molecule has 96 valence electrons. The molecule has 0 aliphatic heterocycles. The van der Waals surface area contributed by atoms with E-state index in [4.69, 9.17) is 0 Å². The highest BCUT2D eigenvalue weighted by atomic mass is 15.4. The van der Waals surface area contributed by atoms with Crippen LogP contribution in [0.2, 0.25) is 0 Å². The molecule has 0 amide bonds. The van der Waals surface area contributed by atoms with Gasteiger partial charge in [-0.15, -0.1) is 5.10 Å². The van der Waals surface area contributed by atoms with E-state index in [2.05, 4.69) is 39.6 Å². The second-order valence-corrected chi connectivity index (χ2v) is 4.58. The van der Waals surface area contributed by atoms with E-state index in [1.807, 2.05) is 31.1 Å². The Kier molecular flexibility index (Phi) is 2.87. The van der Waals surface area contributed by atoms with Gasteiger partial charge in [0.1, 0.15) is 5.69 Å². The number of aromatic nitrogens is 5. The van der Waals surface area contributed by atoms with Crippen molar-refractivity contribution in [3.8, 4) is 11.3 Å². The predicted octanol–water partition coefficient (Wildman–Crippen LogP) is 2.04. The van der Waals surface area contributed by atoms with Gasteiger partial charge < -0.3 is 4.57 Å². The van der Waals surface area contributed by atoms with Crippen molar-refractivity contribution in [3.05, 3.63) is 54.2 Å². The molecule has 1 aromatic carbocycles. The fraction of sp³-hybridized carbons (Fsp3) is 0.214. The maximum atomic E-state index is 4.19. The molecule has 0 saturated carbocycles. The number of aryl methyl sites for hydroxylation is 1. The lowest BCUT2D eigenvalue weighted by Gasteiger charge is -2.04. The molecule has 0 radical (unpaired) electrons. The normalized spacial score (nSPS) is 10.8. The van der Waals surface area contributed by atoms with E-state index in [9.17, 15) is 0 Å². The Bertz CT molecular complexity index is 664. The summed E-state index contributed by atoms with van der Waals surface area (Å²) >= 11 is 0. The van der Waals surface area contributed by atoms with E-state index in [1.165, 1.54) is 5.56 Å². The summed E-state index contributed by atoms with van der Waals surface area (Å²) in [4.78, 5) is 4.04. The van der Waals surface area contributed by atoms with Gasteiger partial charge in [-0.3, -0.25) is 4.68 Å². The molecule has 2 heterocycles. The Morgan fingerprint density at radius 1 is 1.16 bits per heavy atom. The lowest BCUT2D eigenvalue weighted by atomic mass is 10.1. The summed E-state index contributed by atoms with van der Waals surface area (Å²) in [5.74, 6) is 0. The molecule has 0 atom stereocenters. The highest BCUT2D eigenvalue weighted by Crippen LogP contribution is 2.20. The lowest BCUT2D eigenvalue weighted by molar-refractivity contribution is 0.696. The summed E-state index contributed by atoms with van der Waals surface area (Å²) in [6.45, 7) is 2.86. The minimum absolute atomic E-state index is 0.833. The fourth-order valence-electron chi connectivity index (χ4n) is 2.03. The van der Waals surface area contributed by atoms with Crippen molar-refractivity contribution in [2.75, 3.05) is 0 Å². The maximum Gasteiger partial charge on any atom is 0.115 e. The summed E-state index contributed by atoms with van der Waals surface area (Å²) in [5.41, 5.74) is 4.35. The summed E-state index contributed by atoms with van der Waals surface area (Å²) in [6, 6.07) is 8.40. The smallest absolute Gasteiger partial charge is 0.115 e. The molecule has 5 nitrogen and oxygen atoms in total. The Labute approximate surface area is 111 Å². The van der Waals surface area contributed by atoms with Gasteiger partial charge in [0, 0.05) is 31.5 Å². The molecule has 5 heteroatoms. The highest BCUT2D eigenvalue weighted by molar-refractivity contribution is 5.61. The van der Waals surface area contributed by atoms with Gasteiger partial charge in [0.15, 0.2) is 0 Å². The zero-order chi connectivity index (χ0) is 13.2. The van der Waals surface area contributed by atoms with Crippen LogP contribution in [0.15, 0.2) is 43.0 Å². The first kappa shape index (κ1) is 11.6. The Morgan fingerprint density at radius 2 is 1.95 bits per heavy atom. The van der Waals surface area contributed by atoms with Gasteiger partial charge in [-0.1, -0.05) is 29.5 Å². The van der Waals surface area contributed by atoms with Crippen LogP contribution in [0, 0.1) is 6.92 Å². The zero-order valence-electron chi connectivity index (χ0n) is 11.0. The van der Waals surface area contributed by atoms with Crippen LogP contribution in [0.5, 0.6) is 0 Å². The van der Waals surface area contributed by atoms with Crippen LogP contribution < -0.4 is 0 Å². The number of nitrogens with zero attached hydrogens (tertiary/aromatic N) is 5. The Hall–Kier alpha value is -2.43. The van der Waals surface area contributed by atoms with Gasteiger partial charge in [0.25, 0.3) is 0 Å². The highest BCUT2D eigenvalue weighted by Gasteiger charge is 2.08. The molecule has 0 aliphatic carbocycles. The fourth-order valence-corrected chi connectivity index (χ4v) is 2.03. The number of hydrogen-bond donors (Lipinski definition) is 0. The van der Waals surface area contributed by atoms with E-state index in [1.54, 1.807) is 10.9 Å². The van der Waals surface area contributed by atoms with Gasteiger partial charge in [-0.25, -0.2) is 4.98 Å². The quantitative estimate of drug-likeness (QED) is 0.717. The van der Waals surface area contributed by atoms with Crippen molar-refractivity contribution >= 4 is 0 Å². The summed E-state index contributed by atoms with van der Waals surface area (Å²) in [7, 11) is 1.90. The standard InChI is InChI=1S/C14H15N5/c1-11-14(16-17-18(11)2)13-5-3-12(4-6-13)9-19-8-7-15-10-19/h3-8,10H,9H2,1-2H3. The van der Waals surface area contributed by atoms with Gasteiger partial charge in [0.05, 0.1) is 12.0 Å². The predicted molar refractivity (Wildman–Crippen MR) is 72.5 cm³/mol. The molecule has 0 saturated heterocycles. The summed E-state index contributed by atoms with van der Waals surface area (Å²) in [6.07, 6.45) is 5.57. The van der Waals surface area contributed by atoms with E-state index in [-0.39, 0.29) is 0 Å². The molecule has 3 aromatic rings. The van der Waals surface area contributed by atoms with Crippen molar-refractivity contribution in [3.63, 3.8) is 0 Å². The van der Waals surface area contributed by atoms with Gasteiger partial charge in [0.2, 0.25) is 0 Å². The SMILES string of the molecule is Cc1c(-c2ccc(Cn3ccnc3)cc2)nnn1C. The molecule has 0 bridgehead atoms. The average Bonchev–Trinajstić information content (AvgIpc) is 3.03. The van der Waals surface area contributed by atoms with E-state index in [0.717, 1.165) is 23.5 Å². The molecular weight excluding hydrogens is 238 g/mol. The first-order valence-corrected chi connectivity index (χ1v) is 6.15. The van der Waals surface area contributed by atoms with Crippen molar-refractivity contribution in [1.29, 1.82) is 0 Å². The average molecular weight is 253 g/mol. The molecule has 0 unspecified atom stereocenters. The van der Waals surface area contributed by atoms with Crippen molar-refractivity contribution in [2.45, 2.75) is 13.5 Å².